The van der Waals surface area contributed by atoms with Crippen molar-refractivity contribution in [2.24, 2.45) is 0 Å². The molecule has 1 saturated heterocycles. The van der Waals surface area contributed by atoms with Crippen LogP contribution in [0.2, 0.25) is 0 Å². The Morgan fingerprint density at radius 3 is 2.62 bits per heavy atom. The first-order chi connectivity index (χ1) is 7.86. The Bertz CT molecular complexity index is 296. The predicted molar refractivity (Wildman–Crippen MR) is 63.2 cm³/mol. The molecule has 2 rings (SSSR count). The van der Waals surface area contributed by atoms with Gasteiger partial charge in [-0.2, -0.15) is 0 Å². The zero-order chi connectivity index (χ0) is 11.2. The summed E-state index contributed by atoms with van der Waals surface area (Å²) in [5, 5.41) is 13.2. The third-order valence-electron chi connectivity index (χ3n) is 2.96. The van der Waals surface area contributed by atoms with Gasteiger partial charge in [-0.3, -0.25) is 0 Å². The molecular formula is C13H19NO2. The summed E-state index contributed by atoms with van der Waals surface area (Å²) in [6, 6.07) is 9.67. The summed E-state index contributed by atoms with van der Waals surface area (Å²) in [4.78, 5) is 0. The summed E-state index contributed by atoms with van der Waals surface area (Å²) in [6.45, 7) is 2.44. The highest BCUT2D eigenvalue weighted by Crippen LogP contribution is 2.15. The molecule has 0 spiro atoms. The smallest absolute Gasteiger partial charge is 0.102 e. The second-order valence-corrected chi connectivity index (χ2v) is 4.21. The van der Waals surface area contributed by atoms with E-state index in [1.54, 1.807) is 0 Å². The van der Waals surface area contributed by atoms with Crippen molar-refractivity contribution >= 4 is 0 Å². The van der Waals surface area contributed by atoms with Crippen molar-refractivity contribution in [2.75, 3.05) is 19.7 Å². The highest BCUT2D eigenvalue weighted by atomic mass is 16.5. The van der Waals surface area contributed by atoms with E-state index in [0.717, 1.165) is 31.5 Å². The van der Waals surface area contributed by atoms with Gasteiger partial charge < -0.3 is 15.2 Å². The van der Waals surface area contributed by atoms with Gasteiger partial charge >= 0.3 is 0 Å². The average Bonchev–Trinajstić information content (AvgIpc) is 2.38. The summed E-state index contributed by atoms with van der Waals surface area (Å²) < 4.78 is 5.71. The van der Waals surface area contributed by atoms with Crippen LogP contribution in [-0.2, 0) is 4.74 Å². The molecule has 3 heteroatoms. The van der Waals surface area contributed by atoms with E-state index < -0.39 is 6.10 Å². The average molecular weight is 221 g/mol. The lowest BCUT2D eigenvalue weighted by Crippen LogP contribution is -2.33. The molecule has 0 aliphatic carbocycles. The highest BCUT2D eigenvalue weighted by molar-refractivity contribution is 5.17. The van der Waals surface area contributed by atoms with Crippen molar-refractivity contribution in [3.63, 3.8) is 0 Å². The molecule has 2 N–H and O–H groups in total. The lowest BCUT2D eigenvalue weighted by molar-refractivity contribution is -0.0217. The Morgan fingerprint density at radius 2 is 1.94 bits per heavy atom. The molecule has 88 valence electrons. The normalized spacial score (nSPS) is 19.6. The zero-order valence-corrected chi connectivity index (χ0v) is 9.43. The van der Waals surface area contributed by atoms with Crippen molar-refractivity contribution in [1.82, 2.24) is 5.32 Å². The lowest BCUT2D eigenvalue weighted by Gasteiger charge is -2.24. The van der Waals surface area contributed by atoms with Crippen LogP contribution in [0.5, 0.6) is 0 Å². The molecule has 3 nitrogen and oxygen atoms in total. The third kappa shape index (κ3) is 3.30. The molecule has 0 radical (unpaired) electrons. The number of aliphatic hydroxyl groups is 1. The minimum atomic E-state index is -0.504. The van der Waals surface area contributed by atoms with Crippen LogP contribution in [0.15, 0.2) is 30.3 Å². The van der Waals surface area contributed by atoms with E-state index in [1.807, 2.05) is 30.3 Å². The summed E-state index contributed by atoms with van der Waals surface area (Å²) in [5.74, 6) is 0. The molecule has 1 heterocycles. The van der Waals surface area contributed by atoms with Gasteiger partial charge in [0.25, 0.3) is 0 Å². The van der Waals surface area contributed by atoms with Crippen LogP contribution in [-0.4, -0.2) is 30.9 Å². The topological polar surface area (TPSA) is 41.5 Å². The van der Waals surface area contributed by atoms with Crippen LogP contribution in [0, 0.1) is 0 Å². The molecular weight excluding hydrogens is 202 g/mol. The molecule has 0 bridgehead atoms. The van der Waals surface area contributed by atoms with Gasteiger partial charge in [-0.15, -0.1) is 0 Å². The van der Waals surface area contributed by atoms with E-state index in [9.17, 15) is 5.11 Å². The van der Waals surface area contributed by atoms with Gasteiger partial charge in [-0.25, -0.2) is 0 Å². The number of aliphatic hydroxyl groups excluding tert-OH is 1. The second-order valence-electron chi connectivity index (χ2n) is 4.21. The van der Waals surface area contributed by atoms with Gasteiger partial charge in [-0.05, 0) is 31.5 Å². The second kappa shape index (κ2) is 5.99. The van der Waals surface area contributed by atoms with Crippen LogP contribution in [0.3, 0.4) is 0 Å². The number of piperidine rings is 1. The molecule has 1 fully saturated rings. The molecule has 1 atom stereocenters. The number of ether oxygens (including phenoxy) is 1. The van der Waals surface area contributed by atoms with E-state index in [-0.39, 0.29) is 0 Å². The number of hydrogen-bond donors (Lipinski definition) is 2. The number of hydrogen-bond acceptors (Lipinski definition) is 3. The van der Waals surface area contributed by atoms with Crippen LogP contribution in [0.1, 0.15) is 24.5 Å². The summed E-state index contributed by atoms with van der Waals surface area (Å²) in [5.41, 5.74) is 0.927. The molecule has 1 aromatic carbocycles. The third-order valence-corrected chi connectivity index (χ3v) is 2.96. The zero-order valence-electron chi connectivity index (χ0n) is 9.43. The molecule has 0 aromatic heterocycles. The van der Waals surface area contributed by atoms with Gasteiger partial charge in [0.15, 0.2) is 0 Å². The predicted octanol–water partition coefficient (Wildman–Crippen LogP) is 1.49. The van der Waals surface area contributed by atoms with Crippen molar-refractivity contribution in [3.8, 4) is 0 Å². The first-order valence-electron chi connectivity index (χ1n) is 5.91. The quantitative estimate of drug-likeness (QED) is 0.809. The van der Waals surface area contributed by atoms with Gasteiger partial charge in [0, 0.05) is 0 Å². The van der Waals surface area contributed by atoms with Crippen molar-refractivity contribution in [2.45, 2.75) is 25.0 Å². The fraction of sp³-hybridized carbons (Fsp3) is 0.538. The summed E-state index contributed by atoms with van der Waals surface area (Å²) in [6.07, 6.45) is 1.89. The Kier molecular flexibility index (Phi) is 4.34. The fourth-order valence-electron chi connectivity index (χ4n) is 1.96. The minimum Gasteiger partial charge on any atom is -0.386 e. The monoisotopic (exact) mass is 221 g/mol. The Morgan fingerprint density at radius 1 is 1.25 bits per heavy atom. The summed E-state index contributed by atoms with van der Waals surface area (Å²) in [7, 11) is 0. The largest absolute Gasteiger partial charge is 0.386 e. The first-order valence-corrected chi connectivity index (χ1v) is 5.91. The van der Waals surface area contributed by atoms with E-state index in [0.29, 0.717) is 12.7 Å². The van der Waals surface area contributed by atoms with E-state index in [4.69, 9.17) is 4.74 Å². The van der Waals surface area contributed by atoms with Crippen LogP contribution in [0.25, 0.3) is 0 Å². The lowest BCUT2D eigenvalue weighted by atomic mass is 10.1. The Labute approximate surface area is 96.4 Å². The molecule has 0 unspecified atom stereocenters. The molecule has 0 saturated carbocycles. The van der Waals surface area contributed by atoms with Gasteiger partial charge in [-0.1, -0.05) is 30.3 Å². The van der Waals surface area contributed by atoms with E-state index in [2.05, 4.69) is 5.32 Å². The highest BCUT2D eigenvalue weighted by Gasteiger charge is 2.15. The van der Waals surface area contributed by atoms with Gasteiger partial charge in [0.1, 0.15) is 6.10 Å². The molecule has 1 aromatic rings. The van der Waals surface area contributed by atoms with Crippen molar-refractivity contribution < 1.29 is 9.84 Å². The SMILES string of the molecule is O[C@H](COC1CCNCC1)c1ccccc1. The number of benzene rings is 1. The van der Waals surface area contributed by atoms with Crippen LogP contribution in [0.4, 0.5) is 0 Å². The van der Waals surface area contributed by atoms with Crippen molar-refractivity contribution in [3.05, 3.63) is 35.9 Å². The van der Waals surface area contributed by atoms with E-state index >= 15 is 0 Å². The van der Waals surface area contributed by atoms with Gasteiger partial charge in [0.2, 0.25) is 0 Å². The van der Waals surface area contributed by atoms with E-state index in [1.165, 1.54) is 0 Å². The van der Waals surface area contributed by atoms with Gasteiger partial charge in [0.05, 0.1) is 12.7 Å². The molecule has 1 aliphatic rings. The fourth-order valence-corrected chi connectivity index (χ4v) is 1.96. The molecule has 1 aliphatic heterocycles. The maximum absolute atomic E-state index is 9.91. The molecule has 16 heavy (non-hydrogen) atoms. The Hall–Kier alpha value is -0.900. The number of rotatable bonds is 4. The minimum absolute atomic E-state index is 0.305. The number of nitrogens with one attached hydrogen (secondary N) is 1. The summed E-state index contributed by atoms with van der Waals surface area (Å²) >= 11 is 0. The maximum Gasteiger partial charge on any atom is 0.102 e. The molecule has 0 amide bonds. The standard InChI is InChI=1S/C13H19NO2/c15-13(11-4-2-1-3-5-11)10-16-12-6-8-14-9-7-12/h1-5,12-15H,6-10H2/t13-/m1/s1. The van der Waals surface area contributed by atoms with Crippen LogP contribution >= 0.6 is 0 Å². The van der Waals surface area contributed by atoms with Crippen molar-refractivity contribution in [1.29, 1.82) is 0 Å². The van der Waals surface area contributed by atoms with Crippen LogP contribution < -0.4 is 5.32 Å². The Balaban J connectivity index is 1.77. The first kappa shape index (κ1) is 11.6. The maximum atomic E-state index is 9.91.